The van der Waals surface area contributed by atoms with Crippen LogP contribution in [0.15, 0.2) is 54.6 Å². The van der Waals surface area contributed by atoms with E-state index in [1.165, 1.54) is 6.08 Å². The zero-order valence-corrected chi connectivity index (χ0v) is 18.6. The summed E-state index contributed by atoms with van der Waals surface area (Å²) in [6.45, 7) is 9.59. The summed E-state index contributed by atoms with van der Waals surface area (Å²) in [6.07, 6.45) is 3.28. The monoisotopic (exact) mass is 416 g/mol. The van der Waals surface area contributed by atoms with Gasteiger partial charge in [-0.15, -0.1) is 0 Å². The van der Waals surface area contributed by atoms with Gasteiger partial charge in [-0.3, -0.25) is 9.59 Å². The standard InChI is InChI=1S/C25H28N4O2/c1-16(2)26-25(31)22-12-11-20(15-17(22)3)27-24(30)14-13-23-18(4)28-29(19(23)5)21-9-7-6-8-10-21/h6-16H,1-5H3,(H,26,31)(H,27,30)/b14-13+. The smallest absolute Gasteiger partial charge is 0.251 e. The van der Waals surface area contributed by atoms with Crippen LogP contribution in [-0.2, 0) is 4.79 Å². The quantitative estimate of drug-likeness (QED) is 0.577. The highest BCUT2D eigenvalue weighted by Gasteiger charge is 2.12. The molecule has 6 nitrogen and oxygen atoms in total. The van der Waals surface area contributed by atoms with E-state index in [2.05, 4.69) is 15.7 Å². The molecule has 3 aromatic rings. The van der Waals surface area contributed by atoms with E-state index >= 15 is 0 Å². The van der Waals surface area contributed by atoms with Crippen LogP contribution in [0.1, 0.15) is 46.7 Å². The topological polar surface area (TPSA) is 76.0 Å². The summed E-state index contributed by atoms with van der Waals surface area (Å²) < 4.78 is 1.87. The third-order valence-electron chi connectivity index (χ3n) is 4.91. The number of aryl methyl sites for hydroxylation is 2. The van der Waals surface area contributed by atoms with Crippen LogP contribution in [0.2, 0.25) is 0 Å². The lowest BCUT2D eigenvalue weighted by Crippen LogP contribution is -2.30. The minimum atomic E-state index is -0.245. The molecule has 0 spiro atoms. The van der Waals surface area contributed by atoms with Crippen LogP contribution in [-0.4, -0.2) is 27.6 Å². The van der Waals surface area contributed by atoms with Gasteiger partial charge in [-0.25, -0.2) is 4.68 Å². The Kier molecular flexibility index (Phi) is 6.70. The van der Waals surface area contributed by atoms with Crippen molar-refractivity contribution >= 4 is 23.6 Å². The number of rotatable bonds is 6. The van der Waals surface area contributed by atoms with E-state index in [0.717, 1.165) is 28.2 Å². The van der Waals surface area contributed by atoms with Crippen LogP contribution in [0.4, 0.5) is 5.69 Å². The van der Waals surface area contributed by atoms with Gasteiger partial charge in [0, 0.05) is 34.6 Å². The molecule has 1 heterocycles. The largest absolute Gasteiger partial charge is 0.350 e. The molecule has 0 saturated carbocycles. The number of nitrogens with one attached hydrogen (secondary N) is 2. The fraction of sp³-hybridized carbons (Fsp3) is 0.240. The molecule has 0 unspecified atom stereocenters. The third kappa shape index (κ3) is 5.28. The van der Waals surface area contributed by atoms with E-state index in [0.29, 0.717) is 11.3 Å². The van der Waals surface area contributed by atoms with Crippen LogP contribution in [0.5, 0.6) is 0 Å². The van der Waals surface area contributed by atoms with Gasteiger partial charge in [0.05, 0.1) is 11.4 Å². The van der Waals surface area contributed by atoms with E-state index in [9.17, 15) is 9.59 Å². The van der Waals surface area contributed by atoms with Gasteiger partial charge in [-0.2, -0.15) is 5.10 Å². The van der Waals surface area contributed by atoms with Crippen molar-refractivity contribution in [1.29, 1.82) is 0 Å². The summed E-state index contributed by atoms with van der Waals surface area (Å²) >= 11 is 0. The first-order valence-electron chi connectivity index (χ1n) is 10.3. The molecule has 6 heteroatoms. The summed E-state index contributed by atoms with van der Waals surface area (Å²) in [7, 11) is 0. The lowest BCUT2D eigenvalue weighted by Gasteiger charge is -2.11. The van der Waals surface area contributed by atoms with Crippen molar-refractivity contribution in [3.05, 3.63) is 82.7 Å². The van der Waals surface area contributed by atoms with Crippen molar-refractivity contribution in [2.75, 3.05) is 5.32 Å². The maximum atomic E-state index is 12.5. The second-order valence-electron chi connectivity index (χ2n) is 7.81. The van der Waals surface area contributed by atoms with Crippen LogP contribution in [0, 0.1) is 20.8 Å². The van der Waals surface area contributed by atoms with Crippen molar-refractivity contribution < 1.29 is 9.59 Å². The minimum Gasteiger partial charge on any atom is -0.350 e. The Morgan fingerprint density at radius 1 is 1.03 bits per heavy atom. The Morgan fingerprint density at radius 3 is 2.39 bits per heavy atom. The molecule has 0 saturated heterocycles. The van der Waals surface area contributed by atoms with Crippen LogP contribution < -0.4 is 10.6 Å². The van der Waals surface area contributed by atoms with Crippen molar-refractivity contribution in [2.24, 2.45) is 0 Å². The average molecular weight is 417 g/mol. The van der Waals surface area contributed by atoms with Gasteiger partial charge in [0.25, 0.3) is 5.91 Å². The zero-order chi connectivity index (χ0) is 22.5. The Bertz CT molecular complexity index is 1130. The van der Waals surface area contributed by atoms with Gasteiger partial charge < -0.3 is 10.6 Å². The van der Waals surface area contributed by atoms with Gasteiger partial charge in [0.2, 0.25) is 5.91 Å². The number of benzene rings is 2. The van der Waals surface area contributed by atoms with Crippen LogP contribution in [0.3, 0.4) is 0 Å². The first kappa shape index (κ1) is 22.0. The first-order chi connectivity index (χ1) is 14.8. The molecule has 2 N–H and O–H groups in total. The van der Waals surface area contributed by atoms with E-state index in [4.69, 9.17) is 0 Å². The highest BCUT2D eigenvalue weighted by molar-refractivity contribution is 6.03. The second-order valence-corrected chi connectivity index (χ2v) is 7.81. The number of nitrogens with zero attached hydrogens (tertiary/aromatic N) is 2. The van der Waals surface area contributed by atoms with Crippen molar-refractivity contribution in [3.63, 3.8) is 0 Å². The molecule has 0 bridgehead atoms. The fourth-order valence-electron chi connectivity index (χ4n) is 3.40. The molecule has 0 atom stereocenters. The summed E-state index contributed by atoms with van der Waals surface area (Å²) in [4.78, 5) is 24.7. The van der Waals surface area contributed by atoms with E-state index in [1.54, 1.807) is 24.3 Å². The van der Waals surface area contributed by atoms with E-state index < -0.39 is 0 Å². The molecule has 0 aliphatic carbocycles. The Morgan fingerprint density at radius 2 is 1.74 bits per heavy atom. The molecule has 160 valence electrons. The van der Waals surface area contributed by atoms with Crippen LogP contribution >= 0.6 is 0 Å². The van der Waals surface area contributed by atoms with E-state index in [1.807, 2.05) is 69.6 Å². The van der Waals surface area contributed by atoms with Gasteiger partial charge >= 0.3 is 0 Å². The minimum absolute atomic E-state index is 0.0644. The SMILES string of the molecule is Cc1cc(NC(=O)/C=C/c2c(C)nn(-c3ccccc3)c2C)ccc1C(=O)NC(C)C. The fourth-order valence-corrected chi connectivity index (χ4v) is 3.40. The average Bonchev–Trinajstić information content (AvgIpc) is 3.00. The predicted molar refractivity (Wildman–Crippen MR) is 124 cm³/mol. The van der Waals surface area contributed by atoms with Crippen molar-refractivity contribution in [1.82, 2.24) is 15.1 Å². The summed E-state index contributed by atoms with van der Waals surface area (Å²) in [5.41, 5.74) is 5.74. The number of anilines is 1. The summed E-state index contributed by atoms with van der Waals surface area (Å²) in [6, 6.07) is 15.2. The van der Waals surface area contributed by atoms with Crippen molar-refractivity contribution in [3.8, 4) is 5.69 Å². The lowest BCUT2D eigenvalue weighted by molar-refractivity contribution is -0.111. The van der Waals surface area contributed by atoms with Gasteiger partial charge in [0.15, 0.2) is 0 Å². The maximum Gasteiger partial charge on any atom is 0.251 e. The first-order valence-corrected chi connectivity index (χ1v) is 10.3. The normalized spacial score (nSPS) is 11.2. The van der Waals surface area contributed by atoms with E-state index in [-0.39, 0.29) is 17.9 Å². The Labute approximate surface area is 183 Å². The molecule has 2 aromatic carbocycles. The Hall–Kier alpha value is -3.67. The number of aromatic nitrogens is 2. The molecule has 0 fully saturated rings. The molecule has 0 aliphatic rings. The zero-order valence-electron chi connectivity index (χ0n) is 18.6. The molecule has 0 radical (unpaired) electrons. The molecule has 1 aromatic heterocycles. The van der Waals surface area contributed by atoms with Gasteiger partial charge in [-0.05, 0) is 76.6 Å². The summed E-state index contributed by atoms with van der Waals surface area (Å²) in [5, 5.41) is 10.3. The molecular formula is C25H28N4O2. The highest BCUT2D eigenvalue weighted by atomic mass is 16.2. The molecule has 2 amide bonds. The van der Waals surface area contributed by atoms with Crippen molar-refractivity contribution in [2.45, 2.75) is 40.7 Å². The molecular weight excluding hydrogens is 388 g/mol. The van der Waals surface area contributed by atoms with Gasteiger partial charge in [0.1, 0.15) is 0 Å². The number of hydrogen-bond acceptors (Lipinski definition) is 3. The van der Waals surface area contributed by atoms with Gasteiger partial charge in [-0.1, -0.05) is 18.2 Å². The molecule has 3 rings (SSSR count). The molecule has 31 heavy (non-hydrogen) atoms. The maximum absolute atomic E-state index is 12.5. The molecule has 0 aliphatic heterocycles. The lowest BCUT2D eigenvalue weighted by atomic mass is 10.1. The number of amides is 2. The summed E-state index contributed by atoms with van der Waals surface area (Å²) in [5.74, 6) is -0.364. The second kappa shape index (κ2) is 9.43. The van der Waals surface area contributed by atoms with Crippen LogP contribution in [0.25, 0.3) is 11.8 Å². The predicted octanol–water partition coefficient (Wildman–Crippen LogP) is 4.59. The third-order valence-corrected chi connectivity index (χ3v) is 4.91. The highest BCUT2D eigenvalue weighted by Crippen LogP contribution is 2.20. The number of carbonyl (C=O) groups excluding carboxylic acids is 2. The number of carbonyl (C=O) groups is 2. The number of para-hydroxylation sites is 1. The Balaban J connectivity index is 1.72. The number of hydrogen-bond donors (Lipinski definition) is 2.